The van der Waals surface area contributed by atoms with Crippen LogP contribution in [0.2, 0.25) is 0 Å². The normalized spacial score (nSPS) is 10.9. The molecule has 0 aliphatic rings. The molecule has 2 N–H and O–H groups in total. The van der Waals surface area contributed by atoms with Crippen LogP contribution in [0.1, 0.15) is 0 Å². The molecule has 0 atom stereocenters. The van der Waals surface area contributed by atoms with Crippen molar-refractivity contribution in [1.29, 1.82) is 0 Å². The maximum Gasteiger partial charge on any atom is 0.133 e. The molecule has 4 nitrogen and oxygen atoms in total. The first-order valence-electron chi connectivity index (χ1n) is 6.84. The lowest BCUT2D eigenvalue weighted by molar-refractivity contribution is 1.33. The van der Waals surface area contributed by atoms with E-state index in [9.17, 15) is 0 Å². The van der Waals surface area contributed by atoms with Gasteiger partial charge in [0, 0.05) is 29.7 Å². The number of nitrogen functional groups attached to an aromatic ring is 1. The Labute approximate surface area is 131 Å². The zero-order valence-corrected chi connectivity index (χ0v) is 12.4. The van der Waals surface area contributed by atoms with Gasteiger partial charge in [-0.2, -0.15) is 0 Å². The molecule has 0 saturated heterocycles. The fraction of sp³-hybridized carbons (Fsp3) is 0. The highest BCUT2D eigenvalue weighted by atomic mass is 32.1. The van der Waals surface area contributed by atoms with Crippen molar-refractivity contribution in [2.45, 2.75) is 0 Å². The van der Waals surface area contributed by atoms with Crippen molar-refractivity contribution < 1.29 is 0 Å². The predicted octanol–water partition coefficient (Wildman–Crippen LogP) is 4.00. The van der Waals surface area contributed by atoms with Crippen LogP contribution in [-0.4, -0.2) is 15.0 Å². The minimum atomic E-state index is 0.504. The van der Waals surface area contributed by atoms with E-state index in [1.807, 2.05) is 36.5 Å². The molecule has 0 spiro atoms. The summed E-state index contributed by atoms with van der Waals surface area (Å²) in [6.07, 6.45) is 5.33. The quantitative estimate of drug-likeness (QED) is 0.608. The van der Waals surface area contributed by atoms with Crippen LogP contribution < -0.4 is 5.73 Å². The Balaban J connectivity index is 1.94. The smallest absolute Gasteiger partial charge is 0.133 e. The molecule has 5 heteroatoms. The van der Waals surface area contributed by atoms with Gasteiger partial charge in [0.15, 0.2) is 0 Å². The summed E-state index contributed by atoms with van der Waals surface area (Å²) in [7, 11) is 0. The molecule has 3 aromatic heterocycles. The third kappa shape index (κ3) is 2.12. The first-order chi connectivity index (χ1) is 10.8. The van der Waals surface area contributed by atoms with Gasteiger partial charge in [-0.05, 0) is 24.3 Å². The van der Waals surface area contributed by atoms with E-state index in [0.717, 1.165) is 31.9 Å². The van der Waals surface area contributed by atoms with Crippen LogP contribution in [0.4, 0.5) is 5.82 Å². The number of fused-ring (bicyclic) bond motifs is 1. The monoisotopic (exact) mass is 304 g/mol. The van der Waals surface area contributed by atoms with Crippen LogP contribution in [0.25, 0.3) is 31.9 Å². The number of pyridine rings is 2. The SMILES string of the molecule is Nc1ncccc1-c1nc2cccc(-c3cccnc3)c2s1. The van der Waals surface area contributed by atoms with Crippen molar-refractivity contribution in [3.05, 3.63) is 61.1 Å². The van der Waals surface area contributed by atoms with E-state index in [0.29, 0.717) is 5.82 Å². The van der Waals surface area contributed by atoms with E-state index in [-0.39, 0.29) is 0 Å². The van der Waals surface area contributed by atoms with Crippen LogP contribution in [0.5, 0.6) is 0 Å². The molecule has 1 aromatic carbocycles. The predicted molar refractivity (Wildman–Crippen MR) is 90.5 cm³/mol. The maximum atomic E-state index is 5.97. The average molecular weight is 304 g/mol. The zero-order chi connectivity index (χ0) is 14.9. The van der Waals surface area contributed by atoms with Gasteiger partial charge in [-0.25, -0.2) is 9.97 Å². The van der Waals surface area contributed by atoms with E-state index in [1.165, 1.54) is 0 Å². The van der Waals surface area contributed by atoms with E-state index in [4.69, 9.17) is 10.7 Å². The van der Waals surface area contributed by atoms with E-state index in [2.05, 4.69) is 22.1 Å². The number of rotatable bonds is 2. The molecule has 0 unspecified atom stereocenters. The van der Waals surface area contributed by atoms with Crippen molar-refractivity contribution in [2.75, 3.05) is 5.73 Å². The molecule has 0 saturated carbocycles. The number of anilines is 1. The Morgan fingerprint density at radius 2 is 1.77 bits per heavy atom. The van der Waals surface area contributed by atoms with E-state index in [1.54, 1.807) is 23.7 Å². The topological polar surface area (TPSA) is 64.7 Å². The van der Waals surface area contributed by atoms with Gasteiger partial charge >= 0.3 is 0 Å². The van der Waals surface area contributed by atoms with Crippen LogP contribution in [-0.2, 0) is 0 Å². The summed E-state index contributed by atoms with van der Waals surface area (Å²) in [6.45, 7) is 0. The lowest BCUT2D eigenvalue weighted by Gasteiger charge is -2.01. The minimum absolute atomic E-state index is 0.504. The number of nitrogens with zero attached hydrogens (tertiary/aromatic N) is 3. The van der Waals surface area contributed by atoms with Gasteiger partial charge in [0.2, 0.25) is 0 Å². The van der Waals surface area contributed by atoms with E-state index < -0.39 is 0 Å². The molecule has 106 valence electrons. The fourth-order valence-electron chi connectivity index (χ4n) is 2.41. The highest BCUT2D eigenvalue weighted by molar-refractivity contribution is 7.22. The molecule has 0 radical (unpaired) electrons. The largest absolute Gasteiger partial charge is 0.383 e. The third-order valence-corrected chi connectivity index (χ3v) is 4.59. The third-order valence-electron chi connectivity index (χ3n) is 3.46. The number of hydrogen-bond acceptors (Lipinski definition) is 5. The molecule has 4 aromatic rings. The highest BCUT2D eigenvalue weighted by Gasteiger charge is 2.12. The summed E-state index contributed by atoms with van der Waals surface area (Å²) < 4.78 is 1.13. The number of thiazole rings is 1. The van der Waals surface area contributed by atoms with Crippen molar-refractivity contribution in [2.24, 2.45) is 0 Å². The van der Waals surface area contributed by atoms with Crippen molar-refractivity contribution in [3.63, 3.8) is 0 Å². The van der Waals surface area contributed by atoms with E-state index >= 15 is 0 Å². The Kier molecular flexibility index (Phi) is 3.05. The molecule has 0 aliphatic carbocycles. The van der Waals surface area contributed by atoms with Gasteiger partial charge < -0.3 is 5.73 Å². The van der Waals surface area contributed by atoms with Gasteiger partial charge in [0.1, 0.15) is 10.8 Å². The highest BCUT2D eigenvalue weighted by Crippen LogP contribution is 2.37. The number of benzene rings is 1. The number of hydrogen-bond donors (Lipinski definition) is 1. The molecule has 22 heavy (non-hydrogen) atoms. The molecule has 0 amide bonds. The summed E-state index contributed by atoms with van der Waals surface area (Å²) >= 11 is 1.63. The molecule has 4 rings (SSSR count). The number of aromatic nitrogens is 3. The Morgan fingerprint density at radius 1 is 0.909 bits per heavy atom. The summed E-state index contributed by atoms with van der Waals surface area (Å²) in [4.78, 5) is 13.0. The maximum absolute atomic E-state index is 5.97. The van der Waals surface area contributed by atoms with Crippen LogP contribution in [0.15, 0.2) is 61.1 Å². The summed E-state index contributed by atoms with van der Waals surface area (Å²) in [5, 5.41) is 0.886. The lowest BCUT2D eigenvalue weighted by atomic mass is 10.1. The second kappa shape index (κ2) is 5.20. The standard InChI is InChI=1S/C17H12N4S/c18-16-13(6-3-9-20-16)17-21-14-7-1-5-12(15(14)22-17)11-4-2-8-19-10-11/h1-10H,(H2,18,20). The lowest BCUT2D eigenvalue weighted by Crippen LogP contribution is -1.92. The molecular formula is C17H12N4S. The van der Waals surface area contributed by atoms with Gasteiger partial charge in [0.25, 0.3) is 0 Å². The zero-order valence-electron chi connectivity index (χ0n) is 11.6. The van der Waals surface area contributed by atoms with Crippen LogP contribution in [0.3, 0.4) is 0 Å². The first-order valence-corrected chi connectivity index (χ1v) is 7.65. The number of nitrogens with two attached hydrogens (primary N) is 1. The van der Waals surface area contributed by atoms with Crippen molar-refractivity contribution in [1.82, 2.24) is 15.0 Å². The minimum Gasteiger partial charge on any atom is -0.383 e. The summed E-state index contributed by atoms with van der Waals surface area (Å²) in [5.41, 5.74) is 10.0. The molecule has 3 heterocycles. The van der Waals surface area contributed by atoms with Gasteiger partial charge in [0.05, 0.1) is 15.8 Å². The van der Waals surface area contributed by atoms with Crippen LogP contribution in [0, 0.1) is 0 Å². The van der Waals surface area contributed by atoms with Crippen molar-refractivity contribution in [3.8, 4) is 21.7 Å². The van der Waals surface area contributed by atoms with Crippen molar-refractivity contribution >= 4 is 27.4 Å². The molecule has 0 fully saturated rings. The van der Waals surface area contributed by atoms with Gasteiger partial charge in [-0.3, -0.25) is 4.98 Å². The second-order valence-corrected chi connectivity index (χ2v) is 5.85. The summed E-state index contributed by atoms with van der Waals surface area (Å²) in [6, 6.07) is 13.9. The van der Waals surface area contributed by atoms with Gasteiger partial charge in [-0.15, -0.1) is 11.3 Å². The summed E-state index contributed by atoms with van der Waals surface area (Å²) in [5.74, 6) is 0.504. The fourth-order valence-corrected chi connectivity index (χ4v) is 3.55. The average Bonchev–Trinajstić information content (AvgIpc) is 3.00. The molecule has 0 bridgehead atoms. The van der Waals surface area contributed by atoms with Gasteiger partial charge in [-0.1, -0.05) is 18.2 Å². The van der Waals surface area contributed by atoms with Crippen LogP contribution >= 0.6 is 11.3 Å². The Hall–Kier alpha value is -2.79. The second-order valence-electron chi connectivity index (χ2n) is 4.85. The Bertz CT molecular complexity index is 947. The molecule has 0 aliphatic heterocycles. The first kappa shape index (κ1) is 12.9. The Morgan fingerprint density at radius 3 is 2.59 bits per heavy atom. The molecular weight excluding hydrogens is 292 g/mol.